The van der Waals surface area contributed by atoms with Crippen molar-refractivity contribution in [2.45, 2.75) is 35.9 Å². The highest BCUT2D eigenvalue weighted by atomic mass is 19.4. The lowest BCUT2D eigenvalue weighted by Gasteiger charge is -2.37. The van der Waals surface area contributed by atoms with Crippen LogP contribution in [0.5, 0.6) is 0 Å². The second kappa shape index (κ2) is 4.08. The van der Waals surface area contributed by atoms with Crippen molar-refractivity contribution < 1.29 is 57.8 Å². The van der Waals surface area contributed by atoms with Gasteiger partial charge in [0.05, 0.1) is 0 Å². The van der Waals surface area contributed by atoms with E-state index in [1.807, 2.05) is 0 Å². The van der Waals surface area contributed by atoms with E-state index in [1.54, 1.807) is 0 Å². The molecule has 0 radical (unpaired) electrons. The van der Waals surface area contributed by atoms with E-state index in [-0.39, 0.29) is 0 Å². The van der Waals surface area contributed by atoms with Gasteiger partial charge >= 0.3 is 35.9 Å². The highest BCUT2D eigenvalue weighted by molar-refractivity contribution is 5.15. The number of aliphatic hydroxyl groups is 1. The Kier molecular flexibility index (Phi) is 3.53. The molecule has 0 spiro atoms. The van der Waals surface area contributed by atoms with Gasteiger partial charge in [-0.1, -0.05) is 0 Å². The summed E-state index contributed by atoms with van der Waals surface area (Å²) in [5.41, 5.74) is 0. The van der Waals surface area contributed by atoms with Crippen molar-refractivity contribution >= 4 is 0 Å². The van der Waals surface area contributed by atoms with Crippen LogP contribution in [-0.4, -0.2) is 52.5 Å². The zero-order chi connectivity index (χ0) is 17.3. The van der Waals surface area contributed by atoms with Crippen LogP contribution in [-0.2, 0) is 0 Å². The first-order valence-electron chi connectivity index (χ1n) is 4.61. The average Bonchev–Trinajstić information content (AvgIpc) is 2.32. The third-order valence-corrected chi connectivity index (χ3v) is 2.63. The molecule has 126 valence electrons. The van der Waals surface area contributed by atoms with Crippen molar-refractivity contribution in [1.29, 1.82) is 0 Å². The Bertz CT molecular complexity index is 405. The predicted molar refractivity (Wildman–Crippen MR) is 38.6 cm³/mol. The van der Waals surface area contributed by atoms with Gasteiger partial charge in [-0.2, -0.15) is 52.7 Å². The van der Waals surface area contributed by atoms with Gasteiger partial charge in [0.1, 0.15) is 6.61 Å². The first-order valence-corrected chi connectivity index (χ1v) is 4.61. The zero-order valence-electron chi connectivity index (χ0n) is 9.14. The lowest BCUT2D eigenvalue weighted by atomic mass is 10.2. The molecule has 2 nitrogen and oxygen atoms in total. The van der Waals surface area contributed by atoms with Gasteiger partial charge in [-0.25, -0.2) is 0 Å². The molecular formula is C7H3F12NO. The second-order valence-electron chi connectivity index (χ2n) is 3.97. The highest BCUT2D eigenvalue weighted by Gasteiger charge is 2.97. The fraction of sp³-hybridized carbons (Fsp3) is 1.00. The molecule has 1 saturated heterocycles. The summed E-state index contributed by atoms with van der Waals surface area (Å²) in [7, 11) is 0. The number of likely N-dealkylation sites (tertiary alicyclic amines) is 1. The summed E-state index contributed by atoms with van der Waals surface area (Å²) in [5, 5.41) is 7.87. The molecule has 1 fully saturated rings. The topological polar surface area (TPSA) is 23.5 Å². The van der Waals surface area contributed by atoms with Gasteiger partial charge in [0.2, 0.25) is 0 Å². The zero-order valence-corrected chi connectivity index (χ0v) is 9.14. The molecule has 0 aromatic heterocycles. The van der Waals surface area contributed by atoms with Crippen LogP contribution in [0.2, 0.25) is 0 Å². The molecule has 0 bridgehead atoms. The number of hydrogen-bond donors (Lipinski definition) is 1. The first kappa shape index (κ1) is 18.1. The van der Waals surface area contributed by atoms with E-state index >= 15 is 0 Å². The van der Waals surface area contributed by atoms with Gasteiger partial charge in [-0.15, -0.1) is 4.90 Å². The number of aliphatic hydroxyl groups excluding tert-OH is 1. The molecule has 0 atom stereocenters. The monoisotopic (exact) mass is 345 g/mol. The number of alkyl halides is 12. The summed E-state index contributed by atoms with van der Waals surface area (Å²) >= 11 is 0. The number of hydrogen-bond acceptors (Lipinski definition) is 2. The maximum atomic E-state index is 13.0. The van der Waals surface area contributed by atoms with Crippen molar-refractivity contribution in [3.63, 3.8) is 0 Å². The summed E-state index contributed by atoms with van der Waals surface area (Å²) in [6.45, 7) is -3.04. The molecule has 1 aliphatic rings. The van der Waals surface area contributed by atoms with Crippen molar-refractivity contribution in [2.75, 3.05) is 6.61 Å². The quantitative estimate of drug-likeness (QED) is 0.628. The van der Waals surface area contributed by atoms with E-state index < -0.39 is 47.4 Å². The van der Waals surface area contributed by atoms with Crippen molar-refractivity contribution in [1.82, 2.24) is 4.90 Å². The van der Waals surface area contributed by atoms with Crippen LogP contribution in [0, 0.1) is 0 Å². The molecule has 0 aromatic rings. The van der Waals surface area contributed by atoms with Crippen LogP contribution in [0.25, 0.3) is 0 Å². The molecule has 1 heterocycles. The van der Waals surface area contributed by atoms with Gasteiger partial charge in [-0.05, 0) is 0 Å². The van der Waals surface area contributed by atoms with E-state index in [4.69, 9.17) is 5.11 Å². The van der Waals surface area contributed by atoms with Crippen molar-refractivity contribution in [3.05, 3.63) is 0 Å². The summed E-state index contributed by atoms with van der Waals surface area (Å²) in [4.78, 5) is -3.57. The molecule has 0 unspecified atom stereocenters. The molecule has 14 heteroatoms. The fourth-order valence-corrected chi connectivity index (χ4v) is 1.45. The van der Waals surface area contributed by atoms with Gasteiger partial charge in [0.15, 0.2) is 0 Å². The Morgan fingerprint density at radius 2 is 1.00 bits per heavy atom. The summed E-state index contributed by atoms with van der Waals surface area (Å²) in [5.74, 6) is -20.3. The largest absolute Gasteiger partial charge is 0.394 e. The van der Waals surface area contributed by atoms with Crippen LogP contribution >= 0.6 is 0 Å². The molecule has 1 N–H and O–H groups in total. The molecule has 1 rings (SSSR count). The first-order chi connectivity index (χ1) is 8.93. The van der Waals surface area contributed by atoms with Crippen LogP contribution in [0.4, 0.5) is 52.7 Å². The van der Waals surface area contributed by atoms with E-state index in [0.29, 0.717) is 0 Å². The van der Waals surface area contributed by atoms with Gasteiger partial charge in [0, 0.05) is 0 Å². The normalized spacial score (nSPS) is 27.9. The van der Waals surface area contributed by atoms with Gasteiger partial charge in [-0.3, -0.25) is 0 Å². The minimum absolute atomic E-state index is 3.04. The number of rotatable bonds is 3. The molecular weight excluding hydrogens is 342 g/mol. The summed E-state index contributed by atoms with van der Waals surface area (Å²) < 4.78 is 153. The second-order valence-corrected chi connectivity index (χ2v) is 3.97. The molecule has 0 amide bonds. The van der Waals surface area contributed by atoms with Crippen LogP contribution in [0.3, 0.4) is 0 Å². The average molecular weight is 345 g/mol. The number of halogens is 12. The maximum Gasteiger partial charge on any atom is 0.394 e. The van der Waals surface area contributed by atoms with E-state index in [0.717, 1.165) is 0 Å². The summed E-state index contributed by atoms with van der Waals surface area (Å²) in [6.07, 6.45) is 0. The van der Waals surface area contributed by atoms with E-state index in [2.05, 4.69) is 0 Å². The Labute approximate surface area is 106 Å². The molecule has 21 heavy (non-hydrogen) atoms. The molecule has 0 aliphatic carbocycles. The SMILES string of the molecule is OCC(F)(F)C(F)(F)N1C(F)(F)C(F)(F)C(F)(F)C1(F)F. The molecule has 0 aromatic carbocycles. The van der Waals surface area contributed by atoms with Crippen LogP contribution < -0.4 is 0 Å². The highest BCUT2D eigenvalue weighted by Crippen LogP contribution is 2.66. The molecule has 0 saturated carbocycles. The molecule has 1 aliphatic heterocycles. The third kappa shape index (κ3) is 1.77. The maximum absolute atomic E-state index is 13.0. The fourth-order valence-electron chi connectivity index (χ4n) is 1.45. The van der Waals surface area contributed by atoms with Gasteiger partial charge in [0.25, 0.3) is 0 Å². The standard InChI is InChI=1S/C7H3F12NO/c8-2(9,1-21)5(14,15)20-6(16,17)3(10,11)4(12,13)7(20,18)19/h21H,1H2. The number of nitrogens with zero attached hydrogens (tertiary/aromatic N) is 1. The Morgan fingerprint density at radius 3 is 1.24 bits per heavy atom. The van der Waals surface area contributed by atoms with Crippen LogP contribution in [0.1, 0.15) is 0 Å². The van der Waals surface area contributed by atoms with Gasteiger partial charge < -0.3 is 5.11 Å². The Balaban J connectivity index is 3.63. The van der Waals surface area contributed by atoms with Crippen LogP contribution in [0.15, 0.2) is 0 Å². The Morgan fingerprint density at radius 1 is 0.714 bits per heavy atom. The smallest absolute Gasteiger partial charge is 0.390 e. The minimum Gasteiger partial charge on any atom is -0.390 e. The van der Waals surface area contributed by atoms with Crippen molar-refractivity contribution in [3.8, 4) is 0 Å². The van der Waals surface area contributed by atoms with Crippen molar-refractivity contribution in [2.24, 2.45) is 0 Å². The lowest BCUT2D eigenvalue weighted by molar-refractivity contribution is -0.411. The lowest BCUT2D eigenvalue weighted by Crippen LogP contribution is -2.66. The Hall–Kier alpha value is -0.920. The third-order valence-electron chi connectivity index (χ3n) is 2.63. The van der Waals surface area contributed by atoms with E-state index in [9.17, 15) is 52.7 Å². The minimum atomic E-state index is -7.07. The summed E-state index contributed by atoms with van der Waals surface area (Å²) in [6, 6.07) is -21.0. The van der Waals surface area contributed by atoms with E-state index in [1.165, 1.54) is 0 Å². The predicted octanol–water partition coefficient (Wildman–Crippen LogP) is 2.98.